The smallest absolute Gasteiger partial charge is 0.326 e. The van der Waals surface area contributed by atoms with Crippen LogP contribution in [0.3, 0.4) is 0 Å². The van der Waals surface area contributed by atoms with Gasteiger partial charge in [-0.2, -0.15) is 11.8 Å². The number of thioether (sulfide) groups is 1. The van der Waals surface area contributed by atoms with Gasteiger partial charge in [-0.25, -0.2) is 4.79 Å². The molecule has 5 heteroatoms. The molecule has 1 fully saturated rings. The topological polar surface area (TPSA) is 57.6 Å². The molecule has 0 heterocycles. The van der Waals surface area contributed by atoms with E-state index in [4.69, 9.17) is 5.11 Å². The Labute approximate surface area is 94.0 Å². The molecule has 0 aromatic rings. The van der Waals surface area contributed by atoms with Crippen molar-refractivity contribution in [1.29, 1.82) is 0 Å². The van der Waals surface area contributed by atoms with Crippen molar-refractivity contribution in [1.82, 2.24) is 4.90 Å². The zero-order chi connectivity index (χ0) is 11.6. The van der Waals surface area contributed by atoms with Gasteiger partial charge in [0.1, 0.15) is 6.04 Å². The Kier molecular flexibility index (Phi) is 4.02. The number of nitrogens with zero attached hydrogens (tertiary/aromatic N) is 1. The third-order valence-corrected chi connectivity index (χ3v) is 3.58. The highest BCUT2D eigenvalue weighted by Gasteiger charge is 2.39. The van der Waals surface area contributed by atoms with E-state index in [-0.39, 0.29) is 17.2 Å². The highest BCUT2D eigenvalue weighted by molar-refractivity contribution is 7.99. The van der Waals surface area contributed by atoms with E-state index < -0.39 is 12.0 Å². The highest BCUT2D eigenvalue weighted by Crippen LogP contribution is 2.30. The van der Waals surface area contributed by atoms with Gasteiger partial charge < -0.3 is 10.0 Å². The zero-order valence-corrected chi connectivity index (χ0v) is 10.1. The molecule has 15 heavy (non-hydrogen) atoms. The van der Waals surface area contributed by atoms with Crippen LogP contribution in [0, 0.1) is 0 Å². The second-order valence-electron chi connectivity index (χ2n) is 3.87. The Morgan fingerprint density at radius 2 is 1.93 bits per heavy atom. The third kappa shape index (κ3) is 2.87. The first-order valence-electron chi connectivity index (χ1n) is 5.06. The van der Waals surface area contributed by atoms with Crippen molar-refractivity contribution in [3.8, 4) is 0 Å². The number of carbonyl (C=O) groups is 2. The van der Waals surface area contributed by atoms with Crippen LogP contribution < -0.4 is 0 Å². The molecule has 1 saturated carbocycles. The van der Waals surface area contributed by atoms with Gasteiger partial charge in [-0.3, -0.25) is 4.79 Å². The van der Waals surface area contributed by atoms with E-state index in [1.807, 2.05) is 13.2 Å². The van der Waals surface area contributed by atoms with Crippen LogP contribution >= 0.6 is 11.8 Å². The molecule has 1 aliphatic rings. The number of carboxylic acid groups (broad SMARTS) is 1. The van der Waals surface area contributed by atoms with Crippen molar-refractivity contribution in [2.75, 3.05) is 6.26 Å². The molecule has 86 valence electrons. The molecular weight excluding hydrogens is 214 g/mol. The lowest BCUT2D eigenvalue weighted by Gasteiger charge is -2.28. The lowest BCUT2D eigenvalue weighted by atomic mass is 10.2. The first-order valence-corrected chi connectivity index (χ1v) is 6.35. The molecule has 4 nitrogen and oxygen atoms in total. The fraction of sp³-hybridized carbons (Fsp3) is 0.800. The van der Waals surface area contributed by atoms with Crippen LogP contribution in [-0.2, 0) is 9.59 Å². The summed E-state index contributed by atoms with van der Waals surface area (Å²) in [6.45, 7) is 3.39. The summed E-state index contributed by atoms with van der Waals surface area (Å²) >= 11 is 1.45. The van der Waals surface area contributed by atoms with E-state index in [0.29, 0.717) is 0 Å². The normalized spacial score (nSPS) is 19.4. The maximum atomic E-state index is 11.9. The second-order valence-corrected chi connectivity index (χ2v) is 5.05. The SMILES string of the molecule is CSC(C)C(=O)N(C1CC1)C(C)C(=O)O. The number of aliphatic carboxylic acids is 1. The number of carbonyl (C=O) groups excluding carboxylic acids is 1. The Morgan fingerprint density at radius 3 is 2.27 bits per heavy atom. The van der Waals surface area contributed by atoms with Gasteiger partial charge in [0.2, 0.25) is 5.91 Å². The Balaban J connectivity index is 2.73. The van der Waals surface area contributed by atoms with Gasteiger partial charge in [0.15, 0.2) is 0 Å². The van der Waals surface area contributed by atoms with Gasteiger partial charge in [0.25, 0.3) is 0 Å². The molecule has 0 aromatic carbocycles. The van der Waals surface area contributed by atoms with Gasteiger partial charge in [-0.1, -0.05) is 0 Å². The fourth-order valence-corrected chi connectivity index (χ4v) is 1.79. The Hall–Kier alpha value is -0.710. The molecule has 0 saturated heterocycles. The van der Waals surface area contributed by atoms with E-state index >= 15 is 0 Å². The number of hydrogen-bond donors (Lipinski definition) is 1. The van der Waals surface area contributed by atoms with E-state index in [1.165, 1.54) is 16.7 Å². The average molecular weight is 231 g/mol. The predicted molar refractivity (Wildman–Crippen MR) is 59.9 cm³/mol. The molecular formula is C10H17NO3S. The van der Waals surface area contributed by atoms with E-state index in [0.717, 1.165) is 12.8 Å². The minimum atomic E-state index is -0.927. The molecule has 0 radical (unpaired) electrons. The van der Waals surface area contributed by atoms with E-state index in [1.54, 1.807) is 6.92 Å². The average Bonchev–Trinajstić information content (AvgIpc) is 3.00. The molecule has 0 spiro atoms. The monoisotopic (exact) mass is 231 g/mol. The summed E-state index contributed by atoms with van der Waals surface area (Å²) in [4.78, 5) is 24.4. The quantitative estimate of drug-likeness (QED) is 0.772. The molecule has 1 amide bonds. The van der Waals surface area contributed by atoms with Crippen molar-refractivity contribution in [3.05, 3.63) is 0 Å². The van der Waals surface area contributed by atoms with Gasteiger partial charge in [0.05, 0.1) is 5.25 Å². The van der Waals surface area contributed by atoms with E-state index in [2.05, 4.69) is 0 Å². The first kappa shape index (κ1) is 12.4. The van der Waals surface area contributed by atoms with Crippen molar-refractivity contribution in [2.24, 2.45) is 0 Å². The predicted octanol–water partition coefficient (Wildman–Crippen LogP) is 1.20. The van der Waals surface area contributed by atoms with Crippen LogP contribution in [0.25, 0.3) is 0 Å². The molecule has 0 aliphatic heterocycles. The summed E-state index contributed by atoms with van der Waals surface area (Å²) in [5, 5.41) is 8.77. The summed E-state index contributed by atoms with van der Waals surface area (Å²) in [7, 11) is 0. The van der Waals surface area contributed by atoms with E-state index in [9.17, 15) is 9.59 Å². The van der Waals surface area contributed by atoms with Crippen LogP contribution in [0.5, 0.6) is 0 Å². The standard InChI is InChI=1S/C10H17NO3S/c1-6(10(13)14)11(8-4-5-8)9(12)7(2)15-3/h6-8H,4-5H2,1-3H3,(H,13,14). The van der Waals surface area contributed by atoms with Gasteiger partial charge in [-0.05, 0) is 32.9 Å². The number of hydrogen-bond acceptors (Lipinski definition) is 3. The maximum Gasteiger partial charge on any atom is 0.326 e. The summed E-state index contributed by atoms with van der Waals surface area (Å²) in [6.07, 6.45) is 3.73. The van der Waals surface area contributed by atoms with Crippen LogP contribution in [-0.4, -0.2) is 45.5 Å². The lowest BCUT2D eigenvalue weighted by molar-refractivity contribution is -0.149. The fourth-order valence-electron chi connectivity index (χ4n) is 1.47. The third-order valence-electron chi connectivity index (χ3n) is 2.67. The number of rotatable bonds is 5. The maximum absolute atomic E-state index is 11.9. The molecule has 2 atom stereocenters. The molecule has 2 unspecified atom stereocenters. The minimum Gasteiger partial charge on any atom is -0.480 e. The largest absolute Gasteiger partial charge is 0.480 e. The summed E-state index contributed by atoms with van der Waals surface area (Å²) in [5.74, 6) is -0.983. The summed E-state index contributed by atoms with van der Waals surface area (Å²) in [6, 6.07) is -0.558. The van der Waals surface area contributed by atoms with Gasteiger partial charge in [-0.15, -0.1) is 0 Å². The Morgan fingerprint density at radius 1 is 1.40 bits per heavy atom. The lowest BCUT2D eigenvalue weighted by Crippen LogP contribution is -2.47. The van der Waals surface area contributed by atoms with Gasteiger partial charge in [0, 0.05) is 6.04 Å². The van der Waals surface area contributed by atoms with Crippen molar-refractivity contribution in [3.63, 3.8) is 0 Å². The van der Waals surface area contributed by atoms with Crippen molar-refractivity contribution in [2.45, 2.75) is 44.0 Å². The van der Waals surface area contributed by atoms with Crippen molar-refractivity contribution < 1.29 is 14.7 Å². The molecule has 0 bridgehead atoms. The zero-order valence-electron chi connectivity index (χ0n) is 9.27. The van der Waals surface area contributed by atoms with Crippen LogP contribution in [0.4, 0.5) is 0 Å². The number of carboxylic acids is 1. The highest BCUT2D eigenvalue weighted by atomic mass is 32.2. The Bertz CT molecular complexity index is 265. The second kappa shape index (κ2) is 4.88. The van der Waals surface area contributed by atoms with Crippen molar-refractivity contribution >= 4 is 23.6 Å². The van der Waals surface area contributed by atoms with Crippen LogP contribution in [0.1, 0.15) is 26.7 Å². The van der Waals surface area contributed by atoms with Gasteiger partial charge >= 0.3 is 5.97 Å². The first-order chi connectivity index (χ1) is 6.99. The molecule has 1 N–H and O–H groups in total. The molecule has 1 rings (SSSR count). The van der Waals surface area contributed by atoms with Crippen LogP contribution in [0.2, 0.25) is 0 Å². The summed E-state index contributed by atoms with van der Waals surface area (Å²) in [5.41, 5.74) is 0. The summed E-state index contributed by atoms with van der Waals surface area (Å²) < 4.78 is 0. The van der Waals surface area contributed by atoms with Crippen LogP contribution in [0.15, 0.2) is 0 Å². The molecule has 0 aromatic heterocycles. The molecule has 1 aliphatic carbocycles. The minimum absolute atomic E-state index is 0.0556. The number of amides is 1.